The predicted octanol–water partition coefficient (Wildman–Crippen LogP) is 6.59. The number of hydrogen-bond donors (Lipinski definition) is 2. The molecular formula is C33H60N2O6. The third-order valence-electron chi connectivity index (χ3n) is 8.51. The number of carbonyl (C=O) groups excluding carboxylic acids is 3. The van der Waals surface area contributed by atoms with E-state index in [0.29, 0.717) is 18.9 Å². The van der Waals surface area contributed by atoms with E-state index in [1.54, 1.807) is 13.8 Å². The number of unbranched alkanes of at least 4 members (excludes halogenated alkanes) is 6. The normalized spacial score (nSPS) is 23.6. The summed E-state index contributed by atoms with van der Waals surface area (Å²) in [5.41, 5.74) is -0.475. The molecule has 0 aromatic carbocycles. The molecule has 8 heteroatoms. The average Bonchev–Trinajstić information content (AvgIpc) is 2.91. The quantitative estimate of drug-likeness (QED) is 0.140. The minimum absolute atomic E-state index is 0.0769. The molecule has 2 amide bonds. The fraction of sp³-hybridized carbons (Fsp3) is 0.909. The summed E-state index contributed by atoms with van der Waals surface area (Å²) in [5, 5.41) is 6.07. The number of carbonyl (C=O) groups is 3. The lowest BCUT2D eigenvalue weighted by atomic mass is 9.85. The van der Waals surface area contributed by atoms with Crippen LogP contribution < -0.4 is 10.6 Å². The maximum absolute atomic E-state index is 13.1. The zero-order chi connectivity index (χ0) is 30.3. The Labute approximate surface area is 249 Å². The van der Waals surface area contributed by atoms with Crippen molar-refractivity contribution in [3.8, 4) is 0 Å². The summed E-state index contributed by atoms with van der Waals surface area (Å²) in [6, 6.07) is -0.144. The van der Waals surface area contributed by atoms with Gasteiger partial charge in [-0.3, -0.25) is 14.4 Å². The molecule has 0 spiro atoms. The van der Waals surface area contributed by atoms with Gasteiger partial charge in [0.2, 0.25) is 11.8 Å². The Kier molecular flexibility index (Phi) is 15.7. The summed E-state index contributed by atoms with van der Waals surface area (Å²) in [6.07, 6.45) is 15.3. The van der Waals surface area contributed by atoms with Crippen molar-refractivity contribution < 1.29 is 28.6 Å². The van der Waals surface area contributed by atoms with Crippen molar-refractivity contribution in [3.63, 3.8) is 0 Å². The lowest BCUT2D eigenvalue weighted by Gasteiger charge is -2.44. The van der Waals surface area contributed by atoms with Crippen LogP contribution in [0.15, 0.2) is 0 Å². The molecule has 0 aromatic heterocycles. The summed E-state index contributed by atoms with van der Waals surface area (Å²) < 4.78 is 17.4. The Morgan fingerprint density at radius 3 is 2.17 bits per heavy atom. The molecule has 1 aliphatic heterocycles. The van der Waals surface area contributed by atoms with Gasteiger partial charge >= 0.3 is 5.97 Å². The molecule has 1 aliphatic carbocycles. The van der Waals surface area contributed by atoms with Crippen LogP contribution >= 0.6 is 0 Å². The molecule has 41 heavy (non-hydrogen) atoms. The van der Waals surface area contributed by atoms with Crippen LogP contribution in [-0.2, 0) is 28.6 Å². The molecular weight excluding hydrogens is 520 g/mol. The molecule has 0 aromatic rings. The van der Waals surface area contributed by atoms with Crippen LogP contribution in [0, 0.1) is 11.3 Å². The van der Waals surface area contributed by atoms with Crippen molar-refractivity contribution in [3.05, 3.63) is 0 Å². The van der Waals surface area contributed by atoms with E-state index in [0.717, 1.165) is 38.5 Å². The summed E-state index contributed by atoms with van der Waals surface area (Å²) in [6.45, 7) is 12.5. The molecule has 2 fully saturated rings. The van der Waals surface area contributed by atoms with Crippen LogP contribution in [0.2, 0.25) is 0 Å². The van der Waals surface area contributed by atoms with Crippen molar-refractivity contribution in [2.75, 3.05) is 13.2 Å². The van der Waals surface area contributed by atoms with Crippen molar-refractivity contribution in [1.29, 1.82) is 0 Å². The van der Waals surface area contributed by atoms with Crippen molar-refractivity contribution in [2.45, 2.75) is 168 Å². The Bertz CT molecular complexity index is 787. The van der Waals surface area contributed by atoms with E-state index in [2.05, 4.69) is 24.5 Å². The fourth-order valence-electron chi connectivity index (χ4n) is 5.93. The minimum atomic E-state index is -0.832. The first kappa shape index (κ1) is 35.5. The first-order valence-corrected chi connectivity index (χ1v) is 16.6. The van der Waals surface area contributed by atoms with Crippen LogP contribution in [0.1, 0.15) is 144 Å². The Morgan fingerprint density at radius 2 is 1.54 bits per heavy atom. The van der Waals surface area contributed by atoms with Crippen LogP contribution in [0.4, 0.5) is 0 Å². The van der Waals surface area contributed by atoms with Gasteiger partial charge in [-0.25, -0.2) is 0 Å². The van der Waals surface area contributed by atoms with E-state index in [4.69, 9.17) is 14.2 Å². The highest BCUT2D eigenvalue weighted by atomic mass is 16.7. The first-order chi connectivity index (χ1) is 19.5. The van der Waals surface area contributed by atoms with Gasteiger partial charge < -0.3 is 24.8 Å². The van der Waals surface area contributed by atoms with Crippen LogP contribution in [0.3, 0.4) is 0 Å². The van der Waals surface area contributed by atoms with Gasteiger partial charge in [0.1, 0.15) is 12.2 Å². The molecule has 3 atom stereocenters. The van der Waals surface area contributed by atoms with Crippen LogP contribution in [-0.4, -0.2) is 55.0 Å². The number of amides is 2. The van der Waals surface area contributed by atoms with Crippen molar-refractivity contribution in [1.82, 2.24) is 10.6 Å². The van der Waals surface area contributed by atoms with Gasteiger partial charge in [0, 0.05) is 18.4 Å². The van der Waals surface area contributed by atoms with Gasteiger partial charge in [0.15, 0.2) is 5.79 Å². The first-order valence-electron chi connectivity index (χ1n) is 16.6. The molecule has 8 nitrogen and oxygen atoms in total. The summed E-state index contributed by atoms with van der Waals surface area (Å²) in [5.74, 6) is -0.925. The Balaban J connectivity index is 1.81. The molecule has 2 rings (SSSR count). The zero-order valence-electron chi connectivity index (χ0n) is 27.0. The SMILES string of the molecule is CCCCCCC(CCCCCC)CC(=O)N[C@H]1CCCC[C@@H]1OC(=O)CCNC(=O)C1OC(C)(C)OCC1(C)C. The molecule has 2 N–H and O–H groups in total. The Morgan fingerprint density at radius 1 is 0.902 bits per heavy atom. The monoisotopic (exact) mass is 580 g/mol. The van der Waals surface area contributed by atoms with Gasteiger partial charge in [0.05, 0.1) is 19.1 Å². The highest BCUT2D eigenvalue weighted by Crippen LogP contribution is 2.35. The highest BCUT2D eigenvalue weighted by Gasteiger charge is 2.45. The second kappa shape index (κ2) is 18.1. The molecule has 1 heterocycles. The standard InChI is InChI=1S/C33H60N2O6/c1-7-9-11-13-17-25(18-14-12-10-8-2)23-28(36)35-26-19-15-16-20-27(26)40-29(37)21-22-34-31(38)30-32(3,4)24-39-33(5,6)41-30/h25-27,30H,7-24H2,1-6H3,(H,34,38)(H,35,36)/t26-,27-,30?/m0/s1. The molecule has 2 aliphatic rings. The van der Waals surface area contributed by atoms with Gasteiger partial charge in [-0.1, -0.05) is 85.5 Å². The van der Waals surface area contributed by atoms with Gasteiger partial charge in [-0.15, -0.1) is 0 Å². The summed E-state index contributed by atoms with van der Waals surface area (Å²) in [4.78, 5) is 38.7. The van der Waals surface area contributed by atoms with Gasteiger partial charge in [-0.05, 0) is 51.9 Å². The molecule has 1 saturated carbocycles. The fourth-order valence-corrected chi connectivity index (χ4v) is 5.93. The van der Waals surface area contributed by atoms with Crippen molar-refractivity contribution >= 4 is 17.8 Å². The highest BCUT2D eigenvalue weighted by molar-refractivity contribution is 5.82. The van der Waals surface area contributed by atoms with E-state index in [9.17, 15) is 14.4 Å². The second-order valence-electron chi connectivity index (χ2n) is 13.5. The lowest BCUT2D eigenvalue weighted by Crippen LogP contribution is -2.56. The molecule has 238 valence electrons. The number of esters is 1. The molecule has 1 unspecified atom stereocenters. The summed E-state index contributed by atoms with van der Waals surface area (Å²) >= 11 is 0. The van der Waals surface area contributed by atoms with Gasteiger partial charge in [0.25, 0.3) is 0 Å². The minimum Gasteiger partial charge on any atom is -0.460 e. The third kappa shape index (κ3) is 13.5. The summed E-state index contributed by atoms with van der Waals surface area (Å²) in [7, 11) is 0. The number of ether oxygens (including phenoxy) is 3. The zero-order valence-corrected chi connectivity index (χ0v) is 27.0. The Hall–Kier alpha value is -1.67. The van der Waals surface area contributed by atoms with E-state index in [-0.39, 0.29) is 42.9 Å². The maximum Gasteiger partial charge on any atom is 0.307 e. The largest absolute Gasteiger partial charge is 0.460 e. The second-order valence-corrected chi connectivity index (χ2v) is 13.5. The van der Waals surface area contributed by atoms with Crippen molar-refractivity contribution in [2.24, 2.45) is 11.3 Å². The lowest BCUT2D eigenvalue weighted by molar-refractivity contribution is -0.304. The topological polar surface area (TPSA) is 103 Å². The van der Waals surface area contributed by atoms with E-state index in [1.807, 2.05) is 13.8 Å². The number of nitrogens with one attached hydrogen (secondary N) is 2. The molecule has 0 radical (unpaired) electrons. The smallest absolute Gasteiger partial charge is 0.307 e. The average molecular weight is 581 g/mol. The molecule has 0 bridgehead atoms. The number of rotatable bonds is 18. The maximum atomic E-state index is 13.1. The van der Waals surface area contributed by atoms with Crippen LogP contribution in [0.5, 0.6) is 0 Å². The molecule has 1 saturated heterocycles. The van der Waals surface area contributed by atoms with Gasteiger partial charge in [-0.2, -0.15) is 0 Å². The van der Waals surface area contributed by atoms with E-state index in [1.165, 1.54) is 51.4 Å². The number of hydrogen-bond acceptors (Lipinski definition) is 6. The van der Waals surface area contributed by atoms with Crippen LogP contribution in [0.25, 0.3) is 0 Å². The third-order valence-corrected chi connectivity index (χ3v) is 8.51. The van der Waals surface area contributed by atoms with E-state index < -0.39 is 17.3 Å². The van der Waals surface area contributed by atoms with E-state index >= 15 is 0 Å². The predicted molar refractivity (Wildman–Crippen MR) is 162 cm³/mol.